The molecule has 0 aromatic heterocycles. The van der Waals surface area contributed by atoms with Crippen molar-refractivity contribution in [1.29, 1.82) is 0 Å². The van der Waals surface area contributed by atoms with Gasteiger partial charge in [0.25, 0.3) is 0 Å². The molecular formula is C24H25N3O2. The van der Waals surface area contributed by atoms with Gasteiger partial charge in [-0.05, 0) is 35.7 Å². The lowest BCUT2D eigenvalue weighted by atomic mass is 10.0. The predicted octanol–water partition coefficient (Wildman–Crippen LogP) is 4.74. The van der Waals surface area contributed by atoms with Crippen molar-refractivity contribution in [3.63, 3.8) is 0 Å². The van der Waals surface area contributed by atoms with Crippen LogP contribution in [0.5, 0.6) is 0 Å². The van der Waals surface area contributed by atoms with Crippen molar-refractivity contribution in [3.05, 3.63) is 90.5 Å². The molecule has 0 saturated carbocycles. The fourth-order valence-electron chi connectivity index (χ4n) is 2.98. The molecule has 3 N–H and O–H groups in total. The maximum atomic E-state index is 12.2. The van der Waals surface area contributed by atoms with E-state index < -0.39 is 0 Å². The minimum absolute atomic E-state index is 0.106. The Bertz CT molecular complexity index is 925. The van der Waals surface area contributed by atoms with Crippen LogP contribution in [0.25, 0.3) is 11.1 Å². The maximum Gasteiger partial charge on any atom is 0.319 e. The molecule has 0 aliphatic heterocycles. The van der Waals surface area contributed by atoms with Gasteiger partial charge in [-0.15, -0.1) is 0 Å². The first kappa shape index (κ1) is 20.1. The molecule has 0 heterocycles. The Morgan fingerprint density at radius 1 is 0.793 bits per heavy atom. The molecule has 1 atom stereocenters. The van der Waals surface area contributed by atoms with Gasteiger partial charge in [-0.1, -0.05) is 72.8 Å². The molecule has 0 saturated heterocycles. The molecule has 0 unspecified atom stereocenters. The number of carbonyl (C=O) groups is 2. The van der Waals surface area contributed by atoms with E-state index in [4.69, 9.17) is 0 Å². The molecule has 0 spiro atoms. The highest BCUT2D eigenvalue weighted by atomic mass is 16.2. The fraction of sp³-hybridized carbons (Fsp3) is 0.167. The number of carbonyl (C=O) groups excluding carboxylic acids is 2. The van der Waals surface area contributed by atoms with E-state index in [0.29, 0.717) is 5.69 Å². The van der Waals surface area contributed by atoms with Gasteiger partial charge in [0.05, 0.1) is 6.04 Å². The summed E-state index contributed by atoms with van der Waals surface area (Å²) in [5, 5.41) is 8.38. The van der Waals surface area contributed by atoms with Crippen LogP contribution in [0.2, 0.25) is 0 Å². The fourth-order valence-corrected chi connectivity index (χ4v) is 2.98. The summed E-state index contributed by atoms with van der Waals surface area (Å²) in [6, 6.07) is 27.1. The number of benzene rings is 3. The Morgan fingerprint density at radius 2 is 1.38 bits per heavy atom. The molecule has 0 fully saturated rings. The first-order valence-corrected chi connectivity index (χ1v) is 9.66. The molecule has 0 aliphatic carbocycles. The molecule has 5 nitrogen and oxygen atoms in total. The minimum atomic E-state index is -0.325. The average molecular weight is 387 g/mol. The first-order valence-electron chi connectivity index (χ1n) is 9.66. The molecule has 148 valence electrons. The van der Waals surface area contributed by atoms with Gasteiger partial charge in [-0.25, -0.2) is 4.79 Å². The highest BCUT2D eigenvalue weighted by molar-refractivity contribution is 5.89. The maximum absolute atomic E-state index is 12.2. The number of hydrogen-bond acceptors (Lipinski definition) is 2. The van der Waals surface area contributed by atoms with Crippen LogP contribution in [0.3, 0.4) is 0 Å². The number of nitrogens with one attached hydrogen (secondary N) is 3. The second-order valence-corrected chi connectivity index (χ2v) is 6.77. The smallest absolute Gasteiger partial charge is 0.319 e. The lowest BCUT2D eigenvalue weighted by Crippen LogP contribution is -2.34. The standard InChI is InChI=1S/C24H25N3O2/c1-18(19-12-14-21(15-13-19)20-8-4-2-5-9-20)26-23(28)16-17-25-24(29)27-22-10-6-3-7-11-22/h2-15,18H,16-17H2,1H3,(H,26,28)(H2,25,27,29)/t18-/m0/s1. The third kappa shape index (κ3) is 6.21. The number of rotatable bonds is 7. The lowest BCUT2D eigenvalue weighted by molar-refractivity contribution is -0.121. The zero-order valence-electron chi connectivity index (χ0n) is 16.4. The monoisotopic (exact) mass is 387 g/mol. The quantitative estimate of drug-likeness (QED) is 0.548. The Hall–Kier alpha value is -3.60. The number of para-hydroxylation sites is 1. The Morgan fingerprint density at radius 3 is 2.03 bits per heavy atom. The van der Waals surface area contributed by atoms with Crippen LogP contribution in [0.15, 0.2) is 84.9 Å². The van der Waals surface area contributed by atoms with Gasteiger partial charge in [-0.2, -0.15) is 0 Å². The molecule has 0 radical (unpaired) electrons. The summed E-state index contributed by atoms with van der Waals surface area (Å²) < 4.78 is 0. The molecule has 3 amide bonds. The van der Waals surface area contributed by atoms with Crippen LogP contribution >= 0.6 is 0 Å². The largest absolute Gasteiger partial charge is 0.350 e. The van der Waals surface area contributed by atoms with Crippen LogP contribution in [-0.4, -0.2) is 18.5 Å². The van der Waals surface area contributed by atoms with Crippen molar-refractivity contribution in [2.45, 2.75) is 19.4 Å². The summed E-state index contributed by atoms with van der Waals surface area (Å²) in [6.45, 7) is 2.22. The van der Waals surface area contributed by atoms with Gasteiger partial charge >= 0.3 is 6.03 Å². The van der Waals surface area contributed by atoms with Crippen molar-refractivity contribution >= 4 is 17.6 Å². The van der Waals surface area contributed by atoms with E-state index in [1.165, 1.54) is 0 Å². The van der Waals surface area contributed by atoms with E-state index in [0.717, 1.165) is 16.7 Å². The minimum Gasteiger partial charge on any atom is -0.350 e. The van der Waals surface area contributed by atoms with Crippen molar-refractivity contribution < 1.29 is 9.59 Å². The molecule has 0 bridgehead atoms. The molecule has 3 aromatic carbocycles. The second-order valence-electron chi connectivity index (χ2n) is 6.77. The van der Waals surface area contributed by atoms with Crippen LogP contribution in [0.1, 0.15) is 24.9 Å². The van der Waals surface area contributed by atoms with E-state index in [1.807, 2.05) is 55.5 Å². The summed E-state index contributed by atoms with van der Waals surface area (Å²) in [6.07, 6.45) is 0.217. The van der Waals surface area contributed by atoms with E-state index in [9.17, 15) is 9.59 Å². The zero-order valence-corrected chi connectivity index (χ0v) is 16.4. The Kier molecular flexibility index (Phi) is 7.00. The Balaban J connectivity index is 1.42. The molecular weight excluding hydrogens is 362 g/mol. The summed E-state index contributed by atoms with van der Waals surface area (Å²) in [7, 11) is 0. The number of urea groups is 1. The van der Waals surface area contributed by atoms with E-state index in [-0.39, 0.29) is 30.9 Å². The molecule has 0 aliphatic rings. The highest BCUT2D eigenvalue weighted by Gasteiger charge is 2.10. The third-order valence-corrected chi connectivity index (χ3v) is 4.56. The van der Waals surface area contributed by atoms with Crippen LogP contribution < -0.4 is 16.0 Å². The second kappa shape index (κ2) is 10.1. The Labute approximate surface area is 171 Å². The molecule has 3 aromatic rings. The van der Waals surface area contributed by atoms with Crippen molar-refractivity contribution in [3.8, 4) is 11.1 Å². The van der Waals surface area contributed by atoms with Crippen molar-refractivity contribution in [2.75, 3.05) is 11.9 Å². The van der Waals surface area contributed by atoms with Crippen LogP contribution in [-0.2, 0) is 4.79 Å². The zero-order chi connectivity index (χ0) is 20.5. The SMILES string of the molecule is C[C@H](NC(=O)CCNC(=O)Nc1ccccc1)c1ccc(-c2ccccc2)cc1. The first-order chi connectivity index (χ1) is 14.1. The normalized spacial score (nSPS) is 11.3. The van der Waals surface area contributed by atoms with Gasteiger partial charge < -0.3 is 16.0 Å². The molecule has 29 heavy (non-hydrogen) atoms. The van der Waals surface area contributed by atoms with Crippen LogP contribution in [0, 0.1) is 0 Å². The predicted molar refractivity (Wildman–Crippen MR) is 117 cm³/mol. The number of anilines is 1. The van der Waals surface area contributed by atoms with E-state index in [1.54, 1.807) is 12.1 Å². The lowest BCUT2D eigenvalue weighted by Gasteiger charge is -2.15. The number of amides is 3. The van der Waals surface area contributed by atoms with Gasteiger partial charge in [0.2, 0.25) is 5.91 Å². The van der Waals surface area contributed by atoms with Crippen molar-refractivity contribution in [1.82, 2.24) is 10.6 Å². The van der Waals surface area contributed by atoms with Crippen LogP contribution in [0.4, 0.5) is 10.5 Å². The van der Waals surface area contributed by atoms with E-state index in [2.05, 4.69) is 40.2 Å². The van der Waals surface area contributed by atoms with E-state index >= 15 is 0 Å². The number of hydrogen-bond donors (Lipinski definition) is 3. The van der Waals surface area contributed by atoms with Gasteiger partial charge in [0.15, 0.2) is 0 Å². The van der Waals surface area contributed by atoms with Gasteiger partial charge in [-0.3, -0.25) is 4.79 Å². The van der Waals surface area contributed by atoms with Gasteiger partial charge in [0, 0.05) is 18.7 Å². The summed E-state index contributed by atoms with van der Waals surface area (Å²) >= 11 is 0. The summed E-state index contributed by atoms with van der Waals surface area (Å²) in [5.74, 6) is -0.107. The average Bonchev–Trinajstić information content (AvgIpc) is 2.75. The molecule has 3 rings (SSSR count). The topological polar surface area (TPSA) is 70.2 Å². The summed E-state index contributed by atoms with van der Waals surface area (Å²) in [5.41, 5.74) is 4.05. The third-order valence-electron chi connectivity index (χ3n) is 4.56. The highest BCUT2D eigenvalue weighted by Crippen LogP contribution is 2.21. The van der Waals surface area contributed by atoms with Crippen molar-refractivity contribution in [2.24, 2.45) is 0 Å². The molecule has 5 heteroatoms. The summed E-state index contributed by atoms with van der Waals surface area (Å²) in [4.78, 5) is 24.0. The van der Waals surface area contributed by atoms with Gasteiger partial charge in [0.1, 0.15) is 0 Å².